The van der Waals surface area contributed by atoms with Gasteiger partial charge >= 0.3 is 0 Å². The van der Waals surface area contributed by atoms with E-state index in [1.807, 2.05) is 18.2 Å². The lowest BCUT2D eigenvalue weighted by Gasteiger charge is -2.25. The summed E-state index contributed by atoms with van der Waals surface area (Å²) in [6.45, 7) is 8.83. The normalized spacial score (nSPS) is 14.4. The number of imide groups is 1. The number of amides is 2. The Morgan fingerprint density at radius 1 is 0.892 bits per heavy atom. The number of carbonyl (C=O) groups excluding carboxylic acids is 2. The summed E-state index contributed by atoms with van der Waals surface area (Å²) in [4.78, 5) is 42.1. The average molecular weight is 494 g/mol. The third-order valence-electron chi connectivity index (χ3n) is 7.14. The minimum atomic E-state index is -0.584. The summed E-state index contributed by atoms with van der Waals surface area (Å²) in [5, 5.41) is 5.63. The average Bonchev–Trinajstić information content (AvgIpc) is 3.51. The van der Waals surface area contributed by atoms with Crippen molar-refractivity contribution in [2.75, 3.05) is 0 Å². The molecule has 1 aliphatic heterocycles. The topological polar surface area (TPSA) is 98.3 Å². The Balaban J connectivity index is 1.48. The summed E-state index contributed by atoms with van der Waals surface area (Å²) in [5.41, 5.74) is 5.38. The molecule has 0 spiro atoms. The van der Waals surface area contributed by atoms with Gasteiger partial charge in [0.1, 0.15) is 18.0 Å². The number of nitrogens with zero attached hydrogens (tertiary/aromatic N) is 7. The third kappa shape index (κ3) is 3.61. The van der Waals surface area contributed by atoms with Gasteiger partial charge in [0.05, 0.1) is 28.8 Å². The van der Waals surface area contributed by atoms with Gasteiger partial charge in [-0.3, -0.25) is 19.5 Å². The molecule has 5 heterocycles. The molecule has 0 unspecified atom stereocenters. The van der Waals surface area contributed by atoms with Crippen LogP contribution in [0.25, 0.3) is 16.7 Å². The molecule has 2 amide bonds. The molecule has 6 rings (SSSR count). The Labute approximate surface area is 213 Å². The maximum atomic E-state index is 13.3. The monoisotopic (exact) mass is 493 g/mol. The van der Waals surface area contributed by atoms with E-state index in [0.717, 1.165) is 28.0 Å². The second kappa shape index (κ2) is 8.62. The van der Waals surface area contributed by atoms with Gasteiger partial charge in [-0.25, -0.2) is 14.5 Å². The van der Waals surface area contributed by atoms with Gasteiger partial charge in [-0.1, -0.05) is 32.0 Å². The summed E-state index contributed by atoms with van der Waals surface area (Å²) in [6.07, 6.45) is 3.99. The fourth-order valence-electron chi connectivity index (χ4n) is 5.20. The van der Waals surface area contributed by atoms with Crippen LogP contribution in [0, 0.1) is 19.8 Å². The number of rotatable bonds is 6. The molecule has 186 valence electrons. The highest BCUT2D eigenvalue weighted by Crippen LogP contribution is 2.35. The van der Waals surface area contributed by atoms with E-state index in [2.05, 4.69) is 37.2 Å². The SMILES string of the molecule is Cc1c(C)n(Cc2ccccn2)c2ncn3nc([C@H](CC(C)C)N4C(=O)c5ccccc5C4=O)nc3c12. The van der Waals surface area contributed by atoms with Crippen molar-refractivity contribution in [1.29, 1.82) is 0 Å². The first-order valence-electron chi connectivity index (χ1n) is 12.4. The number of aryl methyl sites for hydroxylation is 1. The molecule has 0 bridgehead atoms. The van der Waals surface area contributed by atoms with Gasteiger partial charge in [-0.2, -0.15) is 0 Å². The summed E-state index contributed by atoms with van der Waals surface area (Å²) >= 11 is 0. The highest BCUT2D eigenvalue weighted by molar-refractivity contribution is 6.21. The minimum absolute atomic E-state index is 0.211. The van der Waals surface area contributed by atoms with Crippen LogP contribution in [0.3, 0.4) is 0 Å². The van der Waals surface area contributed by atoms with Gasteiger partial charge in [0.15, 0.2) is 11.5 Å². The van der Waals surface area contributed by atoms with E-state index in [1.165, 1.54) is 4.90 Å². The number of aromatic nitrogens is 6. The third-order valence-corrected chi connectivity index (χ3v) is 7.14. The molecule has 1 atom stereocenters. The summed E-state index contributed by atoms with van der Waals surface area (Å²) in [6, 6.07) is 12.2. The molecule has 0 saturated carbocycles. The molecule has 1 aliphatic rings. The van der Waals surface area contributed by atoms with E-state index in [9.17, 15) is 9.59 Å². The Morgan fingerprint density at radius 2 is 1.59 bits per heavy atom. The van der Waals surface area contributed by atoms with Gasteiger partial charge in [0.2, 0.25) is 0 Å². The van der Waals surface area contributed by atoms with Crippen LogP contribution in [0.4, 0.5) is 0 Å². The van der Waals surface area contributed by atoms with Crippen LogP contribution in [-0.4, -0.2) is 45.8 Å². The van der Waals surface area contributed by atoms with Crippen LogP contribution in [0.15, 0.2) is 55.0 Å². The summed E-state index contributed by atoms with van der Waals surface area (Å²) < 4.78 is 3.79. The summed E-state index contributed by atoms with van der Waals surface area (Å²) in [5.74, 6) is 0.0402. The Morgan fingerprint density at radius 3 is 2.24 bits per heavy atom. The number of benzene rings is 1. The van der Waals surface area contributed by atoms with E-state index >= 15 is 0 Å². The maximum Gasteiger partial charge on any atom is 0.262 e. The predicted molar refractivity (Wildman–Crippen MR) is 138 cm³/mol. The molecule has 9 heteroatoms. The fraction of sp³-hybridized carbons (Fsp3) is 0.286. The lowest BCUT2D eigenvalue weighted by atomic mass is 10.0. The van der Waals surface area contributed by atoms with Crippen LogP contribution in [-0.2, 0) is 6.54 Å². The number of fused-ring (bicyclic) bond motifs is 4. The second-order valence-corrected chi connectivity index (χ2v) is 9.97. The first-order valence-corrected chi connectivity index (χ1v) is 12.4. The smallest absolute Gasteiger partial charge is 0.262 e. The molecule has 0 fully saturated rings. The first kappa shape index (κ1) is 23.0. The molecule has 37 heavy (non-hydrogen) atoms. The van der Waals surface area contributed by atoms with Gasteiger partial charge in [-0.15, -0.1) is 5.10 Å². The van der Waals surface area contributed by atoms with Crippen LogP contribution in [0.2, 0.25) is 0 Å². The van der Waals surface area contributed by atoms with Gasteiger partial charge in [0, 0.05) is 11.9 Å². The van der Waals surface area contributed by atoms with E-state index in [0.29, 0.717) is 35.6 Å². The van der Waals surface area contributed by atoms with Crippen molar-refractivity contribution in [3.05, 3.63) is 88.9 Å². The predicted octanol–water partition coefficient (Wildman–Crippen LogP) is 4.52. The van der Waals surface area contributed by atoms with Crippen molar-refractivity contribution >= 4 is 28.5 Å². The number of hydrogen-bond acceptors (Lipinski definition) is 6. The molecule has 5 aromatic rings. The highest BCUT2D eigenvalue weighted by Gasteiger charge is 2.42. The van der Waals surface area contributed by atoms with Crippen LogP contribution >= 0.6 is 0 Å². The van der Waals surface area contributed by atoms with Crippen LogP contribution < -0.4 is 0 Å². The van der Waals surface area contributed by atoms with Crippen molar-refractivity contribution in [3.63, 3.8) is 0 Å². The second-order valence-electron chi connectivity index (χ2n) is 9.97. The van der Waals surface area contributed by atoms with Crippen molar-refractivity contribution in [2.24, 2.45) is 5.92 Å². The lowest BCUT2D eigenvalue weighted by molar-refractivity contribution is 0.0555. The standard InChI is InChI=1S/C28H27N7O2/c1-16(2)13-22(35-27(36)20-10-5-6-11-21(20)28(35)37)24-31-26-23-17(3)18(4)33(14-19-9-7-8-12-29-19)25(23)30-15-34(26)32-24/h5-12,15-16,22H,13-14H2,1-4H3/t22-/m0/s1. The molecule has 0 N–H and O–H groups in total. The molecular weight excluding hydrogens is 466 g/mol. The quantitative estimate of drug-likeness (QED) is 0.323. The summed E-state index contributed by atoms with van der Waals surface area (Å²) in [7, 11) is 0. The zero-order valence-corrected chi connectivity index (χ0v) is 21.2. The number of pyridine rings is 1. The molecule has 9 nitrogen and oxygen atoms in total. The van der Waals surface area contributed by atoms with Crippen LogP contribution in [0.1, 0.15) is 69.8 Å². The maximum absolute atomic E-state index is 13.3. The minimum Gasteiger partial charge on any atom is -0.323 e. The van der Waals surface area contributed by atoms with Crippen molar-refractivity contribution in [2.45, 2.75) is 46.7 Å². The largest absolute Gasteiger partial charge is 0.323 e. The first-order chi connectivity index (χ1) is 17.8. The zero-order valence-electron chi connectivity index (χ0n) is 21.2. The van der Waals surface area contributed by atoms with Crippen molar-refractivity contribution < 1.29 is 9.59 Å². The molecule has 0 saturated heterocycles. The van der Waals surface area contributed by atoms with Crippen LogP contribution in [0.5, 0.6) is 0 Å². The van der Waals surface area contributed by atoms with E-state index in [-0.39, 0.29) is 17.7 Å². The Bertz CT molecular complexity index is 1650. The molecule has 0 aliphatic carbocycles. The van der Waals surface area contributed by atoms with E-state index in [1.54, 1.807) is 41.3 Å². The fourth-order valence-corrected chi connectivity index (χ4v) is 5.20. The Hall–Kier alpha value is -4.40. The molecule has 1 aromatic carbocycles. The van der Waals surface area contributed by atoms with Crippen molar-refractivity contribution in [1.82, 2.24) is 34.0 Å². The van der Waals surface area contributed by atoms with E-state index < -0.39 is 6.04 Å². The van der Waals surface area contributed by atoms with Crippen molar-refractivity contribution in [3.8, 4) is 0 Å². The molecular formula is C28H27N7O2. The zero-order chi connectivity index (χ0) is 25.8. The molecule has 4 aromatic heterocycles. The number of hydrogen-bond donors (Lipinski definition) is 0. The Kier molecular flexibility index (Phi) is 5.36. The molecule has 0 radical (unpaired) electrons. The number of carbonyl (C=O) groups is 2. The van der Waals surface area contributed by atoms with Gasteiger partial charge in [-0.05, 0) is 56.0 Å². The lowest BCUT2D eigenvalue weighted by Crippen LogP contribution is -2.35. The van der Waals surface area contributed by atoms with E-state index in [4.69, 9.17) is 15.1 Å². The van der Waals surface area contributed by atoms with Gasteiger partial charge in [0.25, 0.3) is 11.8 Å². The highest BCUT2D eigenvalue weighted by atomic mass is 16.2. The van der Waals surface area contributed by atoms with Gasteiger partial charge < -0.3 is 4.57 Å².